The summed E-state index contributed by atoms with van der Waals surface area (Å²) in [7, 11) is 0. The molecule has 2 rings (SSSR count). The molecule has 0 atom stereocenters. The molecule has 0 unspecified atom stereocenters. The van der Waals surface area contributed by atoms with Crippen LogP contribution < -0.4 is 10.9 Å². The Hall–Kier alpha value is -1.34. The zero-order valence-electron chi connectivity index (χ0n) is 9.04. The van der Waals surface area contributed by atoms with Crippen molar-refractivity contribution < 1.29 is 4.79 Å². The predicted molar refractivity (Wildman–Crippen MR) is 79.2 cm³/mol. The summed E-state index contributed by atoms with van der Waals surface area (Å²) < 4.78 is 0.832. The van der Waals surface area contributed by atoms with Gasteiger partial charge in [-0.1, -0.05) is 11.6 Å². The Kier molecular flexibility index (Phi) is 4.03. The third kappa shape index (κ3) is 3.11. The van der Waals surface area contributed by atoms with E-state index in [2.05, 4.69) is 32.9 Å². The van der Waals surface area contributed by atoms with E-state index in [9.17, 15) is 9.59 Å². The molecule has 0 radical (unpaired) electrons. The number of pyridine rings is 1. The van der Waals surface area contributed by atoms with Crippen molar-refractivity contribution in [3.8, 4) is 0 Å². The molecule has 0 saturated carbocycles. The average Bonchev–Trinajstić information content (AvgIpc) is 2.32. The van der Waals surface area contributed by atoms with E-state index >= 15 is 0 Å². The third-order valence-corrected chi connectivity index (χ3v) is 3.34. The van der Waals surface area contributed by atoms with Gasteiger partial charge in [0, 0.05) is 26.4 Å². The molecule has 1 aromatic carbocycles. The van der Waals surface area contributed by atoms with Gasteiger partial charge in [-0.3, -0.25) is 9.59 Å². The van der Waals surface area contributed by atoms with E-state index in [-0.39, 0.29) is 11.5 Å². The van der Waals surface area contributed by atoms with Gasteiger partial charge >= 0.3 is 0 Å². The van der Waals surface area contributed by atoms with Crippen LogP contribution in [-0.4, -0.2) is 10.9 Å². The lowest BCUT2D eigenvalue weighted by Crippen LogP contribution is -2.16. The normalized spacial score (nSPS) is 10.1. The van der Waals surface area contributed by atoms with Crippen LogP contribution in [-0.2, 0) is 0 Å². The molecule has 4 nitrogen and oxygen atoms in total. The first kappa shape index (κ1) is 13.1. The number of aromatic amines is 1. The molecular weight excluding hydrogens is 367 g/mol. The Morgan fingerprint density at radius 3 is 2.72 bits per heavy atom. The lowest BCUT2D eigenvalue weighted by molar-refractivity contribution is 0.102. The van der Waals surface area contributed by atoms with Crippen molar-refractivity contribution >= 4 is 45.8 Å². The quantitative estimate of drug-likeness (QED) is 0.794. The lowest BCUT2D eigenvalue weighted by atomic mass is 10.2. The summed E-state index contributed by atoms with van der Waals surface area (Å²) in [5.74, 6) is -0.332. The predicted octanol–water partition coefficient (Wildman–Crippen LogP) is 2.89. The Balaban J connectivity index is 2.24. The van der Waals surface area contributed by atoms with Crippen LogP contribution in [0.3, 0.4) is 0 Å². The molecule has 0 aliphatic heterocycles. The van der Waals surface area contributed by atoms with Crippen molar-refractivity contribution in [2.45, 2.75) is 0 Å². The first-order chi connectivity index (χ1) is 8.56. The second kappa shape index (κ2) is 5.53. The number of carbonyl (C=O) groups is 1. The lowest BCUT2D eigenvalue weighted by Gasteiger charge is -2.07. The van der Waals surface area contributed by atoms with Crippen LogP contribution in [0, 0.1) is 3.57 Å². The number of amides is 1. The van der Waals surface area contributed by atoms with Gasteiger partial charge in [-0.15, -0.1) is 0 Å². The van der Waals surface area contributed by atoms with Crippen molar-refractivity contribution in [3.05, 3.63) is 61.0 Å². The van der Waals surface area contributed by atoms with E-state index in [0.717, 1.165) is 3.57 Å². The first-order valence-corrected chi connectivity index (χ1v) is 6.47. The monoisotopic (exact) mass is 374 g/mol. The summed E-state index contributed by atoms with van der Waals surface area (Å²) >= 11 is 7.91. The van der Waals surface area contributed by atoms with Crippen molar-refractivity contribution in [2.75, 3.05) is 5.32 Å². The summed E-state index contributed by atoms with van der Waals surface area (Å²) in [5, 5.41) is 3.33. The van der Waals surface area contributed by atoms with E-state index < -0.39 is 0 Å². The number of hydrogen-bond acceptors (Lipinski definition) is 2. The molecule has 0 aliphatic carbocycles. The van der Waals surface area contributed by atoms with E-state index in [4.69, 9.17) is 11.6 Å². The number of hydrogen-bond donors (Lipinski definition) is 2. The number of anilines is 1. The molecule has 2 N–H and O–H groups in total. The second-order valence-electron chi connectivity index (χ2n) is 3.52. The Morgan fingerprint density at radius 2 is 2.06 bits per heavy atom. The molecule has 0 aliphatic rings. The van der Waals surface area contributed by atoms with Gasteiger partial charge in [0.25, 0.3) is 5.91 Å². The van der Waals surface area contributed by atoms with Gasteiger partial charge < -0.3 is 10.3 Å². The SMILES string of the molecule is O=C(Nc1ccc(Cl)cc1I)c1cc[nH]c(=O)c1. The van der Waals surface area contributed by atoms with Gasteiger partial charge in [-0.2, -0.15) is 0 Å². The molecule has 2 aromatic rings. The summed E-state index contributed by atoms with van der Waals surface area (Å²) in [6.45, 7) is 0. The summed E-state index contributed by atoms with van der Waals surface area (Å²) in [6.07, 6.45) is 1.43. The molecule has 1 aromatic heterocycles. The molecule has 0 fully saturated rings. The fraction of sp³-hybridized carbons (Fsp3) is 0. The van der Waals surface area contributed by atoms with Gasteiger partial charge in [0.2, 0.25) is 5.56 Å². The number of benzene rings is 1. The van der Waals surface area contributed by atoms with Gasteiger partial charge in [-0.05, 0) is 46.9 Å². The van der Waals surface area contributed by atoms with Crippen molar-refractivity contribution in [3.63, 3.8) is 0 Å². The molecule has 1 heterocycles. The molecule has 1 amide bonds. The van der Waals surface area contributed by atoms with Gasteiger partial charge in [0.15, 0.2) is 0 Å². The van der Waals surface area contributed by atoms with Gasteiger partial charge in [0.1, 0.15) is 0 Å². The van der Waals surface area contributed by atoms with Crippen LogP contribution >= 0.6 is 34.2 Å². The summed E-state index contributed by atoms with van der Waals surface area (Å²) in [6, 6.07) is 7.94. The third-order valence-electron chi connectivity index (χ3n) is 2.22. The maximum Gasteiger partial charge on any atom is 0.255 e. The van der Waals surface area contributed by atoms with Crippen LogP contribution in [0.15, 0.2) is 41.3 Å². The molecule has 0 saturated heterocycles. The van der Waals surface area contributed by atoms with Crippen LogP contribution in [0.1, 0.15) is 10.4 Å². The zero-order valence-corrected chi connectivity index (χ0v) is 11.9. The van der Waals surface area contributed by atoms with Gasteiger partial charge in [0.05, 0.1) is 5.69 Å². The molecule has 92 valence electrons. The topological polar surface area (TPSA) is 62.0 Å². The van der Waals surface area contributed by atoms with E-state index in [1.807, 2.05) is 0 Å². The maximum absolute atomic E-state index is 11.9. The molecule has 18 heavy (non-hydrogen) atoms. The Bertz CT molecular complexity index is 655. The molecule has 6 heteroatoms. The van der Waals surface area contributed by atoms with Gasteiger partial charge in [-0.25, -0.2) is 0 Å². The maximum atomic E-state index is 11.9. The highest BCUT2D eigenvalue weighted by Crippen LogP contribution is 2.22. The van der Waals surface area contributed by atoms with Crippen LogP contribution in [0.25, 0.3) is 0 Å². The molecular formula is C12H8ClIN2O2. The Morgan fingerprint density at radius 1 is 1.28 bits per heavy atom. The van der Waals surface area contributed by atoms with Crippen molar-refractivity contribution in [1.82, 2.24) is 4.98 Å². The summed E-state index contributed by atoms with van der Waals surface area (Å²) in [4.78, 5) is 25.5. The number of halogens is 2. The fourth-order valence-corrected chi connectivity index (χ4v) is 2.38. The number of aromatic nitrogens is 1. The minimum absolute atomic E-state index is 0.310. The molecule has 0 spiro atoms. The Labute approximate surface area is 122 Å². The van der Waals surface area contributed by atoms with Crippen molar-refractivity contribution in [1.29, 1.82) is 0 Å². The van der Waals surface area contributed by atoms with E-state index in [1.165, 1.54) is 12.3 Å². The van der Waals surface area contributed by atoms with Crippen LogP contribution in [0.4, 0.5) is 5.69 Å². The largest absolute Gasteiger partial charge is 0.329 e. The summed E-state index contributed by atoms with van der Waals surface area (Å²) in [5.41, 5.74) is 0.656. The highest BCUT2D eigenvalue weighted by Gasteiger charge is 2.08. The van der Waals surface area contributed by atoms with Crippen LogP contribution in [0.2, 0.25) is 5.02 Å². The smallest absolute Gasteiger partial charge is 0.255 e. The fourth-order valence-electron chi connectivity index (χ4n) is 1.37. The highest BCUT2D eigenvalue weighted by atomic mass is 127. The van der Waals surface area contributed by atoms with E-state index in [1.54, 1.807) is 24.3 Å². The highest BCUT2D eigenvalue weighted by molar-refractivity contribution is 14.1. The number of carbonyl (C=O) groups excluding carboxylic acids is 1. The number of rotatable bonds is 2. The minimum atomic E-state index is -0.332. The standard InChI is InChI=1S/C12H8ClIN2O2/c13-8-1-2-10(9(14)6-8)16-12(18)7-3-4-15-11(17)5-7/h1-6H,(H,15,17)(H,16,18). The second-order valence-corrected chi connectivity index (χ2v) is 5.12. The molecule has 0 bridgehead atoms. The number of H-pyrrole nitrogens is 1. The minimum Gasteiger partial charge on any atom is -0.329 e. The average molecular weight is 375 g/mol. The van der Waals surface area contributed by atoms with E-state index in [0.29, 0.717) is 16.3 Å². The first-order valence-electron chi connectivity index (χ1n) is 5.01. The number of nitrogens with one attached hydrogen (secondary N) is 2. The van der Waals surface area contributed by atoms with Crippen LogP contribution in [0.5, 0.6) is 0 Å². The van der Waals surface area contributed by atoms with Crippen molar-refractivity contribution in [2.24, 2.45) is 0 Å². The zero-order chi connectivity index (χ0) is 13.1.